The van der Waals surface area contributed by atoms with Crippen LogP contribution in [0.25, 0.3) is 11.5 Å². The number of nitrogens with zero attached hydrogens (tertiary/aromatic N) is 3. The second-order valence-corrected chi connectivity index (χ2v) is 4.77. The number of aromatic nitrogens is 3. The van der Waals surface area contributed by atoms with E-state index >= 15 is 0 Å². The molecule has 0 aromatic carbocycles. The van der Waals surface area contributed by atoms with Gasteiger partial charge in [-0.1, -0.05) is 5.16 Å². The molecule has 1 N–H and O–H groups in total. The molecular weight excluding hydrogens is 283 g/mol. The third-order valence-corrected chi connectivity index (χ3v) is 3.35. The highest BCUT2D eigenvalue weighted by Gasteiger charge is 2.18. The molecule has 1 aliphatic rings. The summed E-state index contributed by atoms with van der Waals surface area (Å²) in [4.78, 5) is 8.26. The largest absolute Gasteiger partial charge is 0.339 e. The van der Waals surface area contributed by atoms with Crippen molar-refractivity contribution in [2.45, 2.75) is 19.3 Å². The number of pyridine rings is 1. The minimum absolute atomic E-state index is 0. The standard InChI is InChI=1S/C13H15FN4O.ClH/c14-10-1-2-11(16-8-10)13-17-12(19-18-13)7-9-3-5-15-6-4-9;/h1-2,8-9,15H,3-7H2;1H. The van der Waals surface area contributed by atoms with Crippen LogP contribution in [0.1, 0.15) is 18.7 Å². The van der Waals surface area contributed by atoms with E-state index in [4.69, 9.17) is 4.52 Å². The van der Waals surface area contributed by atoms with E-state index in [2.05, 4.69) is 20.4 Å². The predicted octanol–water partition coefficient (Wildman–Crippen LogP) is 2.23. The topological polar surface area (TPSA) is 63.8 Å². The second kappa shape index (κ2) is 6.76. The molecule has 108 valence electrons. The SMILES string of the molecule is Cl.Fc1ccc(-c2noc(CC3CCNCC3)n2)nc1. The third-order valence-electron chi connectivity index (χ3n) is 3.35. The molecule has 0 atom stereocenters. The molecule has 1 saturated heterocycles. The summed E-state index contributed by atoms with van der Waals surface area (Å²) in [6, 6.07) is 2.89. The van der Waals surface area contributed by atoms with Crippen LogP contribution in [0.2, 0.25) is 0 Å². The van der Waals surface area contributed by atoms with Crippen molar-refractivity contribution in [3.8, 4) is 11.5 Å². The lowest BCUT2D eigenvalue weighted by atomic mass is 9.95. The van der Waals surface area contributed by atoms with Crippen LogP contribution in [-0.2, 0) is 6.42 Å². The van der Waals surface area contributed by atoms with E-state index in [0.29, 0.717) is 23.3 Å². The molecule has 0 saturated carbocycles. The van der Waals surface area contributed by atoms with Gasteiger partial charge in [-0.3, -0.25) is 0 Å². The maximum Gasteiger partial charge on any atom is 0.227 e. The van der Waals surface area contributed by atoms with Gasteiger partial charge in [0.25, 0.3) is 0 Å². The van der Waals surface area contributed by atoms with E-state index in [1.54, 1.807) is 6.07 Å². The molecule has 3 heterocycles. The van der Waals surface area contributed by atoms with Gasteiger partial charge >= 0.3 is 0 Å². The van der Waals surface area contributed by atoms with Crippen molar-refractivity contribution in [2.75, 3.05) is 13.1 Å². The van der Waals surface area contributed by atoms with Crippen LogP contribution in [0.3, 0.4) is 0 Å². The number of hydrogen-bond donors (Lipinski definition) is 1. The van der Waals surface area contributed by atoms with Crippen LogP contribution in [0, 0.1) is 11.7 Å². The van der Waals surface area contributed by atoms with Crippen LogP contribution in [0.15, 0.2) is 22.9 Å². The van der Waals surface area contributed by atoms with Gasteiger partial charge in [0.15, 0.2) is 0 Å². The Morgan fingerprint density at radius 1 is 1.30 bits per heavy atom. The lowest BCUT2D eigenvalue weighted by Gasteiger charge is -2.20. The van der Waals surface area contributed by atoms with Gasteiger partial charge < -0.3 is 9.84 Å². The lowest BCUT2D eigenvalue weighted by molar-refractivity contribution is 0.313. The summed E-state index contributed by atoms with van der Waals surface area (Å²) < 4.78 is 18.0. The lowest BCUT2D eigenvalue weighted by Crippen LogP contribution is -2.28. The zero-order valence-corrected chi connectivity index (χ0v) is 11.7. The first-order chi connectivity index (χ1) is 9.31. The molecule has 1 fully saturated rings. The summed E-state index contributed by atoms with van der Waals surface area (Å²) >= 11 is 0. The molecule has 2 aromatic rings. The maximum atomic E-state index is 12.8. The van der Waals surface area contributed by atoms with Crippen molar-refractivity contribution in [3.05, 3.63) is 30.0 Å². The van der Waals surface area contributed by atoms with Gasteiger partial charge in [0.1, 0.15) is 11.5 Å². The zero-order valence-electron chi connectivity index (χ0n) is 10.9. The van der Waals surface area contributed by atoms with Crippen molar-refractivity contribution < 1.29 is 8.91 Å². The minimum atomic E-state index is -0.373. The quantitative estimate of drug-likeness (QED) is 0.941. The van der Waals surface area contributed by atoms with Crippen molar-refractivity contribution in [2.24, 2.45) is 5.92 Å². The van der Waals surface area contributed by atoms with Crippen molar-refractivity contribution in [3.63, 3.8) is 0 Å². The molecule has 0 aliphatic carbocycles. The van der Waals surface area contributed by atoms with Crippen LogP contribution in [0.4, 0.5) is 4.39 Å². The highest BCUT2D eigenvalue weighted by Crippen LogP contribution is 2.19. The summed E-state index contributed by atoms with van der Waals surface area (Å²) in [5, 5.41) is 7.22. The highest BCUT2D eigenvalue weighted by atomic mass is 35.5. The molecule has 2 aromatic heterocycles. The molecule has 5 nitrogen and oxygen atoms in total. The fourth-order valence-corrected chi connectivity index (χ4v) is 2.28. The van der Waals surface area contributed by atoms with E-state index in [-0.39, 0.29) is 18.2 Å². The average molecular weight is 299 g/mol. The molecule has 20 heavy (non-hydrogen) atoms. The van der Waals surface area contributed by atoms with Crippen molar-refractivity contribution in [1.82, 2.24) is 20.4 Å². The van der Waals surface area contributed by atoms with Crippen LogP contribution < -0.4 is 5.32 Å². The molecule has 3 rings (SSSR count). The molecule has 0 unspecified atom stereocenters. The van der Waals surface area contributed by atoms with E-state index in [1.165, 1.54) is 6.07 Å². The molecule has 0 spiro atoms. The fourth-order valence-electron chi connectivity index (χ4n) is 2.28. The van der Waals surface area contributed by atoms with Gasteiger partial charge in [-0.2, -0.15) is 4.98 Å². The van der Waals surface area contributed by atoms with Gasteiger partial charge in [0, 0.05) is 6.42 Å². The Bertz CT molecular complexity index is 540. The summed E-state index contributed by atoms with van der Waals surface area (Å²) in [6.07, 6.45) is 4.22. The van der Waals surface area contributed by atoms with Gasteiger partial charge in [-0.25, -0.2) is 9.37 Å². The number of nitrogens with one attached hydrogen (secondary N) is 1. The molecule has 7 heteroatoms. The van der Waals surface area contributed by atoms with Gasteiger partial charge in [-0.05, 0) is 44.0 Å². The smallest absolute Gasteiger partial charge is 0.227 e. The van der Waals surface area contributed by atoms with E-state index in [1.807, 2.05) is 0 Å². The number of piperidine rings is 1. The highest BCUT2D eigenvalue weighted by molar-refractivity contribution is 5.85. The van der Waals surface area contributed by atoms with Crippen LogP contribution >= 0.6 is 12.4 Å². The summed E-state index contributed by atoms with van der Waals surface area (Å²) in [5.74, 6) is 1.27. The summed E-state index contributed by atoms with van der Waals surface area (Å²) in [5.41, 5.74) is 0.529. The Kier molecular flexibility index (Phi) is 5.03. The molecule has 0 bridgehead atoms. The first-order valence-corrected chi connectivity index (χ1v) is 6.46. The summed E-state index contributed by atoms with van der Waals surface area (Å²) in [7, 11) is 0. The zero-order chi connectivity index (χ0) is 13.1. The second-order valence-electron chi connectivity index (χ2n) is 4.77. The normalized spacial score (nSPS) is 15.8. The Morgan fingerprint density at radius 3 is 2.80 bits per heavy atom. The van der Waals surface area contributed by atoms with E-state index in [0.717, 1.165) is 38.5 Å². The Labute approximate surface area is 122 Å². The first-order valence-electron chi connectivity index (χ1n) is 6.46. The number of halogens is 2. The monoisotopic (exact) mass is 298 g/mol. The van der Waals surface area contributed by atoms with Gasteiger partial charge in [0.05, 0.1) is 6.20 Å². The Hall–Kier alpha value is -1.53. The predicted molar refractivity (Wildman–Crippen MR) is 74.0 cm³/mol. The minimum Gasteiger partial charge on any atom is -0.339 e. The van der Waals surface area contributed by atoms with Gasteiger partial charge in [-0.15, -0.1) is 12.4 Å². The molecule has 1 aliphatic heterocycles. The van der Waals surface area contributed by atoms with E-state index < -0.39 is 0 Å². The van der Waals surface area contributed by atoms with Gasteiger partial charge in [0.2, 0.25) is 11.7 Å². The van der Waals surface area contributed by atoms with Crippen molar-refractivity contribution >= 4 is 12.4 Å². The van der Waals surface area contributed by atoms with E-state index in [9.17, 15) is 4.39 Å². The number of rotatable bonds is 3. The average Bonchev–Trinajstić information content (AvgIpc) is 2.89. The molecular formula is C13H16ClFN4O. The molecule has 0 amide bonds. The van der Waals surface area contributed by atoms with Crippen LogP contribution in [-0.4, -0.2) is 28.2 Å². The van der Waals surface area contributed by atoms with Crippen LogP contribution in [0.5, 0.6) is 0 Å². The molecule has 0 radical (unpaired) electrons. The maximum absolute atomic E-state index is 12.8. The summed E-state index contributed by atoms with van der Waals surface area (Å²) in [6.45, 7) is 2.09. The first kappa shape index (κ1) is 14.9. The number of hydrogen-bond acceptors (Lipinski definition) is 5. The fraction of sp³-hybridized carbons (Fsp3) is 0.462. The Balaban J connectivity index is 0.00000147. The third kappa shape index (κ3) is 3.52. The van der Waals surface area contributed by atoms with Crippen molar-refractivity contribution in [1.29, 1.82) is 0 Å². The Morgan fingerprint density at radius 2 is 2.10 bits per heavy atom.